The molecule has 8 nitrogen and oxygen atoms in total. The van der Waals surface area contributed by atoms with Gasteiger partial charge in [-0.2, -0.15) is 0 Å². The van der Waals surface area contributed by atoms with Crippen LogP contribution in [0.4, 0.5) is 11.4 Å². The molecule has 0 saturated heterocycles. The summed E-state index contributed by atoms with van der Waals surface area (Å²) in [6.07, 6.45) is 4.29. The van der Waals surface area contributed by atoms with Crippen LogP contribution in [-0.4, -0.2) is 74.5 Å². The van der Waals surface area contributed by atoms with E-state index in [2.05, 4.69) is 42.5 Å². The Hall–Kier alpha value is -3.23. The quantitative estimate of drug-likeness (QED) is 0.559. The van der Waals surface area contributed by atoms with Gasteiger partial charge >= 0.3 is 0 Å². The Morgan fingerprint density at radius 2 is 2.03 bits per heavy atom. The van der Waals surface area contributed by atoms with Gasteiger partial charge in [-0.3, -0.25) is 9.79 Å². The number of aromatic nitrogens is 2. The molecular formula is C24H30N6O2. The highest BCUT2D eigenvalue weighted by Crippen LogP contribution is 2.43. The van der Waals surface area contributed by atoms with Crippen LogP contribution in [0.1, 0.15) is 15.9 Å². The highest BCUT2D eigenvalue weighted by atomic mass is 16.5. The molecule has 1 aliphatic heterocycles. The fourth-order valence-electron chi connectivity index (χ4n) is 4.15. The number of primary amides is 1. The SMILES string of the molecule is COCCn1cnc2cc(-c3cc(N(C)CCN(C)C)c(C(N)=O)c4c3N=CC4)ccc21. The second kappa shape index (κ2) is 9.10. The summed E-state index contributed by atoms with van der Waals surface area (Å²) < 4.78 is 7.28. The maximum absolute atomic E-state index is 12.4. The van der Waals surface area contributed by atoms with Gasteiger partial charge in [-0.15, -0.1) is 0 Å². The Kier molecular flexibility index (Phi) is 6.25. The molecule has 1 aliphatic rings. The van der Waals surface area contributed by atoms with Crippen LogP contribution in [0.25, 0.3) is 22.2 Å². The van der Waals surface area contributed by atoms with E-state index in [4.69, 9.17) is 10.5 Å². The van der Waals surface area contributed by atoms with Gasteiger partial charge in [0.05, 0.1) is 40.9 Å². The molecule has 2 N–H and O–H groups in total. The zero-order chi connectivity index (χ0) is 22.8. The molecule has 0 bridgehead atoms. The highest BCUT2D eigenvalue weighted by molar-refractivity contribution is 6.06. The van der Waals surface area contributed by atoms with Gasteiger partial charge in [0, 0.05) is 52.0 Å². The number of nitrogens with zero attached hydrogens (tertiary/aromatic N) is 5. The van der Waals surface area contributed by atoms with E-state index < -0.39 is 5.91 Å². The van der Waals surface area contributed by atoms with Gasteiger partial charge in [-0.05, 0) is 43.4 Å². The number of likely N-dealkylation sites (N-methyl/N-ethyl adjacent to an activating group) is 2. The van der Waals surface area contributed by atoms with Crippen molar-refractivity contribution in [1.29, 1.82) is 0 Å². The number of carbonyl (C=O) groups excluding carboxylic acids is 1. The predicted octanol–water partition coefficient (Wildman–Crippen LogP) is 2.70. The molecular weight excluding hydrogens is 404 g/mol. The van der Waals surface area contributed by atoms with Crippen LogP contribution in [-0.2, 0) is 17.7 Å². The van der Waals surface area contributed by atoms with Crippen molar-refractivity contribution < 1.29 is 9.53 Å². The number of nitrogens with two attached hydrogens (primary N) is 1. The fourth-order valence-corrected chi connectivity index (χ4v) is 4.15. The topological polar surface area (TPSA) is 89.0 Å². The summed E-state index contributed by atoms with van der Waals surface area (Å²) in [5, 5.41) is 0. The summed E-state index contributed by atoms with van der Waals surface area (Å²) >= 11 is 0. The third-order valence-corrected chi connectivity index (χ3v) is 5.90. The van der Waals surface area contributed by atoms with Gasteiger partial charge < -0.3 is 24.8 Å². The van der Waals surface area contributed by atoms with E-state index in [9.17, 15) is 4.79 Å². The number of hydrogen-bond acceptors (Lipinski definition) is 6. The number of methoxy groups -OCH3 is 1. The largest absolute Gasteiger partial charge is 0.383 e. The lowest BCUT2D eigenvalue weighted by molar-refractivity contribution is 0.1000. The van der Waals surface area contributed by atoms with Crippen LogP contribution in [0.5, 0.6) is 0 Å². The first-order valence-corrected chi connectivity index (χ1v) is 10.7. The first-order valence-electron chi connectivity index (χ1n) is 10.7. The van der Waals surface area contributed by atoms with Crippen molar-refractivity contribution in [2.75, 3.05) is 52.8 Å². The Morgan fingerprint density at radius 1 is 1.22 bits per heavy atom. The Morgan fingerprint density at radius 3 is 2.75 bits per heavy atom. The number of benzene rings is 2. The Labute approximate surface area is 188 Å². The Bertz CT molecular complexity index is 1180. The number of rotatable bonds is 9. The lowest BCUT2D eigenvalue weighted by atomic mass is 9.93. The number of hydrogen-bond donors (Lipinski definition) is 1. The molecule has 0 spiro atoms. The van der Waals surface area contributed by atoms with Crippen molar-refractivity contribution in [3.63, 3.8) is 0 Å². The van der Waals surface area contributed by atoms with Crippen LogP contribution < -0.4 is 10.6 Å². The van der Waals surface area contributed by atoms with E-state index in [-0.39, 0.29) is 0 Å². The molecule has 2 heterocycles. The molecule has 4 rings (SSSR count). The maximum Gasteiger partial charge on any atom is 0.251 e. The van der Waals surface area contributed by atoms with Crippen LogP contribution in [0.2, 0.25) is 0 Å². The number of fused-ring (bicyclic) bond motifs is 2. The number of carbonyl (C=O) groups is 1. The van der Waals surface area contributed by atoms with Crippen molar-refractivity contribution in [2.45, 2.75) is 13.0 Å². The molecule has 0 atom stereocenters. The first kappa shape index (κ1) is 22.0. The van der Waals surface area contributed by atoms with Crippen molar-refractivity contribution >= 4 is 34.5 Å². The monoisotopic (exact) mass is 434 g/mol. The summed E-state index contributed by atoms with van der Waals surface area (Å²) in [5.41, 5.74) is 12.9. The fraction of sp³-hybridized carbons (Fsp3) is 0.375. The number of imidazole rings is 1. The zero-order valence-electron chi connectivity index (χ0n) is 19.1. The van der Waals surface area contributed by atoms with Gasteiger partial charge in [0.25, 0.3) is 5.91 Å². The third kappa shape index (κ3) is 4.11. The average Bonchev–Trinajstić information content (AvgIpc) is 3.41. The van der Waals surface area contributed by atoms with Crippen LogP contribution >= 0.6 is 0 Å². The number of ether oxygens (including phenoxy) is 1. The summed E-state index contributed by atoms with van der Waals surface area (Å²) in [7, 11) is 7.76. The minimum atomic E-state index is -0.419. The molecule has 8 heteroatoms. The summed E-state index contributed by atoms with van der Waals surface area (Å²) in [6, 6.07) is 8.29. The summed E-state index contributed by atoms with van der Waals surface area (Å²) in [5.74, 6) is -0.419. The average molecular weight is 435 g/mol. The first-order chi connectivity index (χ1) is 15.4. The van der Waals surface area contributed by atoms with Crippen molar-refractivity contribution in [3.8, 4) is 11.1 Å². The molecule has 3 aromatic rings. The van der Waals surface area contributed by atoms with Crippen molar-refractivity contribution in [3.05, 3.63) is 41.7 Å². The van der Waals surface area contributed by atoms with Gasteiger partial charge in [0.1, 0.15) is 0 Å². The molecule has 2 aromatic carbocycles. The smallest absolute Gasteiger partial charge is 0.251 e. The van der Waals surface area contributed by atoms with Crippen LogP contribution in [0.3, 0.4) is 0 Å². The van der Waals surface area contributed by atoms with Crippen LogP contribution in [0.15, 0.2) is 35.6 Å². The zero-order valence-corrected chi connectivity index (χ0v) is 19.1. The van der Waals surface area contributed by atoms with Crippen LogP contribution in [0, 0.1) is 0 Å². The molecule has 0 saturated carbocycles. The van der Waals surface area contributed by atoms with E-state index in [1.54, 1.807) is 7.11 Å². The van der Waals surface area contributed by atoms with E-state index >= 15 is 0 Å². The van der Waals surface area contributed by atoms with E-state index in [1.165, 1.54) is 0 Å². The third-order valence-electron chi connectivity index (χ3n) is 5.90. The molecule has 0 aliphatic carbocycles. The minimum absolute atomic E-state index is 0.419. The second-order valence-corrected chi connectivity index (χ2v) is 8.38. The lowest BCUT2D eigenvalue weighted by Crippen LogP contribution is -2.30. The second-order valence-electron chi connectivity index (χ2n) is 8.38. The van der Waals surface area contributed by atoms with Gasteiger partial charge in [0.2, 0.25) is 0 Å². The standard InChI is InChI=1S/C24H30N6O2/c1-28(2)9-10-29(3)21-14-18(23-17(7-8-26-23)22(21)24(25)31)16-5-6-20-19(13-16)27-15-30(20)11-12-32-4/h5-6,8,13-15H,7,9-12H2,1-4H3,(H2,25,31). The molecule has 1 amide bonds. The summed E-state index contributed by atoms with van der Waals surface area (Å²) in [6.45, 7) is 3.02. The number of aliphatic imine (C=N–C) groups is 1. The van der Waals surface area contributed by atoms with Gasteiger partial charge in [-0.25, -0.2) is 4.98 Å². The van der Waals surface area contributed by atoms with E-state index in [0.29, 0.717) is 18.6 Å². The number of anilines is 1. The molecule has 168 valence electrons. The Balaban J connectivity index is 1.82. The highest BCUT2D eigenvalue weighted by Gasteiger charge is 2.25. The molecule has 0 unspecified atom stereocenters. The molecule has 1 aromatic heterocycles. The van der Waals surface area contributed by atoms with Crippen molar-refractivity contribution in [2.24, 2.45) is 10.7 Å². The predicted molar refractivity (Wildman–Crippen MR) is 129 cm³/mol. The normalized spacial score (nSPS) is 12.7. The minimum Gasteiger partial charge on any atom is -0.383 e. The van der Waals surface area contributed by atoms with Crippen molar-refractivity contribution in [1.82, 2.24) is 14.5 Å². The molecule has 32 heavy (non-hydrogen) atoms. The summed E-state index contributed by atoms with van der Waals surface area (Å²) in [4.78, 5) is 25.9. The van der Waals surface area contributed by atoms with E-state index in [1.807, 2.05) is 39.8 Å². The van der Waals surface area contributed by atoms with E-state index in [0.717, 1.165) is 58.7 Å². The van der Waals surface area contributed by atoms with Gasteiger partial charge in [0.15, 0.2) is 0 Å². The number of amides is 1. The maximum atomic E-state index is 12.4. The lowest BCUT2D eigenvalue weighted by Gasteiger charge is -2.26. The molecule has 0 radical (unpaired) electrons. The van der Waals surface area contributed by atoms with Gasteiger partial charge in [-0.1, -0.05) is 6.07 Å². The molecule has 0 fully saturated rings.